The predicted molar refractivity (Wildman–Crippen MR) is 203 cm³/mol. The van der Waals surface area contributed by atoms with Crippen LogP contribution in [0.25, 0.3) is 23.3 Å². The van der Waals surface area contributed by atoms with E-state index in [1.165, 1.54) is 33.4 Å². The summed E-state index contributed by atoms with van der Waals surface area (Å²) in [6, 6.07) is 48.7. The van der Waals surface area contributed by atoms with Gasteiger partial charge in [0.05, 0.1) is 0 Å². The highest BCUT2D eigenvalue weighted by atomic mass is 15.1. The number of nitrogens with zero attached hydrogens (tertiary/aromatic N) is 2. The van der Waals surface area contributed by atoms with Crippen LogP contribution in [0.4, 0.5) is 34.1 Å². The zero-order chi connectivity index (χ0) is 32.7. The molecule has 2 nitrogen and oxygen atoms in total. The lowest BCUT2D eigenvalue weighted by Crippen LogP contribution is -2.17. The molecule has 47 heavy (non-hydrogen) atoms. The maximum Gasteiger partial charge on any atom is 0.0465 e. The lowest BCUT2D eigenvalue weighted by atomic mass is 9.82. The molecule has 0 fully saturated rings. The molecule has 0 aliphatic heterocycles. The largest absolute Gasteiger partial charge is 0.310 e. The smallest absolute Gasteiger partial charge is 0.0465 e. The molecule has 6 aromatic rings. The van der Waals surface area contributed by atoms with Gasteiger partial charge in [0.15, 0.2) is 0 Å². The molecule has 1 aliphatic carbocycles. The van der Waals surface area contributed by atoms with Gasteiger partial charge >= 0.3 is 0 Å². The summed E-state index contributed by atoms with van der Waals surface area (Å²) in [6.45, 7) is 16.9. The summed E-state index contributed by atoms with van der Waals surface area (Å²) in [5, 5.41) is 0. The van der Waals surface area contributed by atoms with Crippen molar-refractivity contribution >= 4 is 46.3 Å². The van der Waals surface area contributed by atoms with Crippen molar-refractivity contribution in [1.82, 2.24) is 0 Å². The number of benzene rings is 6. The summed E-state index contributed by atoms with van der Waals surface area (Å²) in [7, 11) is 0. The van der Waals surface area contributed by atoms with E-state index in [0.29, 0.717) is 0 Å². The van der Waals surface area contributed by atoms with Crippen LogP contribution in [0.1, 0.15) is 47.2 Å². The Balaban J connectivity index is 1.33. The summed E-state index contributed by atoms with van der Waals surface area (Å²) in [5.41, 5.74) is 16.5. The lowest BCUT2D eigenvalue weighted by molar-refractivity contribution is 0.660. The molecule has 0 saturated carbocycles. The quantitative estimate of drug-likeness (QED) is 0.170. The van der Waals surface area contributed by atoms with Gasteiger partial charge in [0.25, 0.3) is 0 Å². The highest BCUT2D eigenvalue weighted by Crippen LogP contribution is 2.52. The molecule has 6 aromatic carbocycles. The monoisotopic (exact) mass is 608 g/mol. The van der Waals surface area contributed by atoms with E-state index in [2.05, 4.69) is 184 Å². The molecule has 0 N–H and O–H groups in total. The molecule has 0 amide bonds. The second-order valence-electron chi connectivity index (χ2n) is 13.0. The van der Waals surface area contributed by atoms with Gasteiger partial charge in [-0.1, -0.05) is 111 Å². The number of anilines is 6. The van der Waals surface area contributed by atoms with Crippen LogP contribution in [-0.2, 0) is 5.41 Å². The Labute approximate surface area is 279 Å². The van der Waals surface area contributed by atoms with Gasteiger partial charge in [-0.25, -0.2) is 0 Å². The molecule has 0 radical (unpaired) electrons. The molecule has 7 rings (SSSR count). The molecule has 230 valence electrons. The third-order valence-electron chi connectivity index (χ3n) is 9.52. The maximum atomic E-state index is 3.95. The Kier molecular flexibility index (Phi) is 7.66. The molecule has 2 heteroatoms. The van der Waals surface area contributed by atoms with Gasteiger partial charge < -0.3 is 9.80 Å². The van der Waals surface area contributed by atoms with Gasteiger partial charge in [-0.2, -0.15) is 0 Å². The van der Waals surface area contributed by atoms with E-state index in [-0.39, 0.29) is 5.41 Å². The number of hydrogen-bond donors (Lipinski definition) is 0. The number of hydrogen-bond acceptors (Lipinski definition) is 2. The summed E-state index contributed by atoms with van der Waals surface area (Å²) in [6.07, 6.45) is 3.78. The van der Waals surface area contributed by atoms with Gasteiger partial charge in [-0.15, -0.1) is 0 Å². The van der Waals surface area contributed by atoms with Gasteiger partial charge in [0.1, 0.15) is 0 Å². The molecule has 0 aromatic heterocycles. The van der Waals surface area contributed by atoms with E-state index < -0.39 is 0 Å². The minimum absolute atomic E-state index is 0.200. The van der Waals surface area contributed by atoms with Crippen molar-refractivity contribution < 1.29 is 0 Å². The first-order chi connectivity index (χ1) is 22.8. The van der Waals surface area contributed by atoms with Gasteiger partial charge in [-0.3, -0.25) is 0 Å². The second kappa shape index (κ2) is 12.0. The Morgan fingerprint density at radius 3 is 1.04 bits per heavy atom. The SMILES string of the molecule is C=Cc1ccc(N(c2ccc(C)cc2)c2ccc3c(c2)C(C)(C)c2cc(N(c4ccc(C)cc4)c4ccc(C=C)cc4)ccc2-3)cc1. The molecular formula is C45H40N2. The predicted octanol–water partition coefficient (Wildman–Crippen LogP) is 12.8. The molecule has 1 aliphatic rings. The Hall–Kier alpha value is -5.60. The highest BCUT2D eigenvalue weighted by Gasteiger charge is 2.36. The van der Waals surface area contributed by atoms with Crippen molar-refractivity contribution in [3.05, 3.63) is 180 Å². The van der Waals surface area contributed by atoms with E-state index in [9.17, 15) is 0 Å². The van der Waals surface area contributed by atoms with Crippen molar-refractivity contribution in [3.63, 3.8) is 0 Å². The molecule has 0 bridgehead atoms. The molecule has 0 unspecified atom stereocenters. The van der Waals surface area contributed by atoms with Gasteiger partial charge in [-0.05, 0) is 120 Å². The number of aryl methyl sites for hydroxylation is 2. The third-order valence-corrected chi connectivity index (χ3v) is 9.52. The summed E-state index contributed by atoms with van der Waals surface area (Å²) in [4.78, 5) is 4.70. The molecular weight excluding hydrogens is 569 g/mol. The average molecular weight is 609 g/mol. The fraction of sp³-hybridized carbons (Fsp3) is 0.111. The standard InChI is InChI=1S/C45H40N2/c1-7-33-13-21-37(22-14-33)46(35-17-9-31(3)10-18-35)39-25-27-41-42-28-26-40(30-44(42)45(5,6)43(41)29-39)47(36-19-11-32(4)12-20-36)38-23-15-34(8-2)16-24-38/h7-30H,1-2H2,3-6H3. The summed E-state index contributed by atoms with van der Waals surface area (Å²) in [5.74, 6) is 0. The Morgan fingerprint density at radius 1 is 0.426 bits per heavy atom. The summed E-state index contributed by atoms with van der Waals surface area (Å²) < 4.78 is 0. The average Bonchev–Trinajstić information content (AvgIpc) is 3.32. The van der Waals surface area contributed by atoms with E-state index in [1.54, 1.807) is 0 Å². The second-order valence-corrected chi connectivity index (χ2v) is 13.0. The van der Waals surface area contributed by atoms with Crippen LogP contribution in [0.15, 0.2) is 147 Å². The fourth-order valence-electron chi connectivity index (χ4n) is 6.79. The van der Waals surface area contributed by atoms with E-state index in [0.717, 1.165) is 45.3 Å². The van der Waals surface area contributed by atoms with E-state index >= 15 is 0 Å². The van der Waals surface area contributed by atoms with Crippen molar-refractivity contribution in [2.75, 3.05) is 9.80 Å². The number of rotatable bonds is 8. The Bertz CT molecular complexity index is 1930. The van der Waals surface area contributed by atoms with Crippen molar-refractivity contribution in [3.8, 4) is 11.1 Å². The van der Waals surface area contributed by atoms with Crippen molar-refractivity contribution in [2.45, 2.75) is 33.1 Å². The highest BCUT2D eigenvalue weighted by molar-refractivity contribution is 5.88. The minimum Gasteiger partial charge on any atom is -0.310 e. The summed E-state index contributed by atoms with van der Waals surface area (Å²) >= 11 is 0. The lowest BCUT2D eigenvalue weighted by Gasteiger charge is -2.29. The third kappa shape index (κ3) is 5.47. The van der Waals surface area contributed by atoms with E-state index in [4.69, 9.17) is 0 Å². The zero-order valence-electron chi connectivity index (χ0n) is 27.7. The van der Waals surface area contributed by atoms with Crippen molar-refractivity contribution in [2.24, 2.45) is 0 Å². The first-order valence-electron chi connectivity index (χ1n) is 16.2. The van der Waals surface area contributed by atoms with Crippen LogP contribution in [0.3, 0.4) is 0 Å². The number of fused-ring (bicyclic) bond motifs is 3. The van der Waals surface area contributed by atoms with Crippen molar-refractivity contribution in [1.29, 1.82) is 0 Å². The normalized spacial score (nSPS) is 12.6. The van der Waals surface area contributed by atoms with E-state index in [1.807, 2.05) is 12.2 Å². The van der Waals surface area contributed by atoms with Crippen LogP contribution in [0, 0.1) is 13.8 Å². The topological polar surface area (TPSA) is 6.48 Å². The minimum atomic E-state index is -0.200. The zero-order valence-corrected chi connectivity index (χ0v) is 27.7. The van der Waals surface area contributed by atoms with Crippen LogP contribution in [-0.4, -0.2) is 0 Å². The van der Waals surface area contributed by atoms with Gasteiger partial charge in [0.2, 0.25) is 0 Å². The Morgan fingerprint density at radius 2 is 0.723 bits per heavy atom. The molecule has 0 spiro atoms. The van der Waals surface area contributed by atoms with Crippen LogP contribution in [0.2, 0.25) is 0 Å². The van der Waals surface area contributed by atoms with Gasteiger partial charge in [0, 0.05) is 39.5 Å². The molecule has 0 saturated heterocycles. The van der Waals surface area contributed by atoms with Crippen LogP contribution in [0.5, 0.6) is 0 Å². The van der Waals surface area contributed by atoms with Crippen LogP contribution >= 0.6 is 0 Å². The first kappa shape index (κ1) is 30.1. The van der Waals surface area contributed by atoms with Crippen LogP contribution < -0.4 is 9.80 Å². The first-order valence-corrected chi connectivity index (χ1v) is 16.2. The molecule has 0 heterocycles. The molecule has 0 atom stereocenters. The fourth-order valence-corrected chi connectivity index (χ4v) is 6.79. The maximum absolute atomic E-state index is 3.95.